The zero-order valence-corrected chi connectivity index (χ0v) is 16.5. The molecule has 148 valence electrons. The first kappa shape index (κ1) is 18.8. The summed E-state index contributed by atoms with van der Waals surface area (Å²) in [7, 11) is 1.68. The monoisotopic (exact) mass is 387 g/mol. The summed E-state index contributed by atoms with van der Waals surface area (Å²) in [6, 6.07) is 18.4. The number of hydrogen-bond donors (Lipinski definition) is 3. The fourth-order valence-electron chi connectivity index (χ4n) is 3.32. The number of aromatic nitrogens is 3. The van der Waals surface area contributed by atoms with Gasteiger partial charge in [-0.2, -0.15) is 4.98 Å². The lowest BCUT2D eigenvalue weighted by atomic mass is 10.1. The van der Waals surface area contributed by atoms with Crippen LogP contribution in [0.15, 0.2) is 67.0 Å². The summed E-state index contributed by atoms with van der Waals surface area (Å²) >= 11 is 0. The molecule has 0 saturated heterocycles. The molecule has 0 radical (unpaired) electrons. The van der Waals surface area contributed by atoms with Crippen LogP contribution in [0.4, 0.5) is 11.8 Å². The van der Waals surface area contributed by atoms with E-state index in [0.717, 1.165) is 37.5 Å². The van der Waals surface area contributed by atoms with Crippen molar-refractivity contribution in [1.82, 2.24) is 15.0 Å². The van der Waals surface area contributed by atoms with Crippen molar-refractivity contribution in [3.05, 3.63) is 78.1 Å². The van der Waals surface area contributed by atoms with Gasteiger partial charge in [0.25, 0.3) is 0 Å². The van der Waals surface area contributed by atoms with E-state index in [9.17, 15) is 0 Å². The molecule has 0 aliphatic carbocycles. The van der Waals surface area contributed by atoms with Gasteiger partial charge in [-0.25, -0.2) is 4.98 Å². The molecular formula is C23H25N5O. The minimum atomic E-state index is 0.638. The number of nitrogens with zero attached hydrogens (tertiary/aromatic N) is 2. The first-order valence-corrected chi connectivity index (χ1v) is 9.80. The van der Waals surface area contributed by atoms with Crippen LogP contribution in [0.1, 0.15) is 11.1 Å². The lowest BCUT2D eigenvalue weighted by Gasteiger charge is -2.09. The highest BCUT2D eigenvalue weighted by molar-refractivity contribution is 5.83. The second kappa shape index (κ2) is 9.10. The van der Waals surface area contributed by atoms with Crippen LogP contribution in [0, 0.1) is 0 Å². The highest BCUT2D eigenvalue weighted by atomic mass is 16.5. The molecule has 2 aromatic carbocycles. The molecule has 3 N–H and O–H groups in total. The zero-order chi connectivity index (χ0) is 19.9. The molecule has 29 heavy (non-hydrogen) atoms. The maximum Gasteiger partial charge on any atom is 0.224 e. The Morgan fingerprint density at radius 2 is 1.76 bits per heavy atom. The van der Waals surface area contributed by atoms with Gasteiger partial charge >= 0.3 is 0 Å². The molecule has 0 bridgehead atoms. The number of H-pyrrole nitrogens is 1. The molecule has 4 aromatic rings. The highest BCUT2D eigenvalue weighted by Crippen LogP contribution is 2.18. The Kier molecular flexibility index (Phi) is 5.90. The van der Waals surface area contributed by atoms with Gasteiger partial charge in [0.1, 0.15) is 11.6 Å². The summed E-state index contributed by atoms with van der Waals surface area (Å²) in [4.78, 5) is 12.2. The lowest BCUT2D eigenvalue weighted by molar-refractivity contribution is 0.414. The molecule has 6 nitrogen and oxygen atoms in total. The zero-order valence-electron chi connectivity index (χ0n) is 16.5. The Morgan fingerprint density at radius 1 is 0.931 bits per heavy atom. The standard InChI is InChI=1S/C23H25N5O/c1-29-19-8-6-17(7-9-19)10-13-24-22-12-15-26-23(28-22)25-14-11-18-16-27-21-5-3-2-4-20(18)21/h2-9,12,15-16,27H,10-11,13-14H2,1H3,(H2,24,25,26,28). The van der Waals surface area contributed by atoms with Crippen molar-refractivity contribution >= 4 is 22.7 Å². The number of benzene rings is 2. The summed E-state index contributed by atoms with van der Waals surface area (Å²) in [5.41, 5.74) is 3.72. The average Bonchev–Trinajstić information content (AvgIpc) is 3.18. The first-order valence-electron chi connectivity index (χ1n) is 9.80. The van der Waals surface area contributed by atoms with Crippen LogP contribution in [0.2, 0.25) is 0 Å². The minimum Gasteiger partial charge on any atom is -0.497 e. The van der Waals surface area contributed by atoms with Crippen LogP contribution < -0.4 is 15.4 Å². The van der Waals surface area contributed by atoms with E-state index in [-0.39, 0.29) is 0 Å². The normalized spacial score (nSPS) is 10.8. The van der Waals surface area contributed by atoms with Gasteiger partial charge in [-0.3, -0.25) is 0 Å². The molecular weight excluding hydrogens is 362 g/mol. The summed E-state index contributed by atoms with van der Waals surface area (Å²) in [5.74, 6) is 2.34. The Bertz CT molecular complexity index is 1060. The second-order valence-electron chi connectivity index (χ2n) is 6.83. The predicted octanol–water partition coefficient (Wildman–Crippen LogP) is 4.28. The molecule has 2 heterocycles. The van der Waals surface area contributed by atoms with Gasteiger partial charge in [-0.05, 0) is 48.2 Å². The SMILES string of the molecule is COc1ccc(CCNc2ccnc(NCCc3c[nH]c4ccccc34)n2)cc1. The number of rotatable bonds is 9. The fourth-order valence-corrected chi connectivity index (χ4v) is 3.32. The second-order valence-corrected chi connectivity index (χ2v) is 6.83. The third kappa shape index (κ3) is 4.85. The Hall–Kier alpha value is -3.54. The maximum absolute atomic E-state index is 5.19. The van der Waals surface area contributed by atoms with Gasteiger partial charge in [-0.1, -0.05) is 30.3 Å². The summed E-state index contributed by atoms with van der Waals surface area (Å²) in [5, 5.41) is 7.95. The molecule has 0 saturated carbocycles. The molecule has 0 unspecified atom stereocenters. The number of hydrogen-bond acceptors (Lipinski definition) is 5. The third-order valence-electron chi connectivity index (χ3n) is 4.89. The van der Waals surface area contributed by atoms with Crippen LogP contribution in [0.3, 0.4) is 0 Å². The van der Waals surface area contributed by atoms with Gasteiger partial charge < -0.3 is 20.4 Å². The molecule has 0 atom stereocenters. The fraction of sp³-hybridized carbons (Fsp3) is 0.217. The molecule has 0 aliphatic rings. The van der Waals surface area contributed by atoms with Crippen molar-refractivity contribution < 1.29 is 4.74 Å². The molecule has 0 spiro atoms. The van der Waals surface area contributed by atoms with Crippen molar-refractivity contribution in [2.24, 2.45) is 0 Å². The number of para-hydroxylation sites is 1. The molecule has 4 rings (SSSR count). The smallest absolute Gasteiger partial charge is 0.224 e. The maximum atomic E-state index is 5.19. The quantitative estimate of drug-likeness (QED) is 0.400. The Morgan fingerprint density at radius 3 is 2.62 bits per heavy atom. The molecule has 0 amide bonds. The molecule has 0 fully saturated rings. The molecule has 6 heteroatoms. The first-order chi connectivity index (χ1) is 14.3. The largest absolute Gasteiger partial charge is 0.497 e. The number of aromatic amines is 1. The van der Waals surface area contributed by atoms with Gasteiger partial charge in [-0.15, -0.1) is 0 Å². The number of ether oxygens (including phenoxy) is 1. The van der Waals surface area contributed by atoms with E-state index < -0.39 is 0 Å². The van der Waals surface area contributed by atoms with E-state index in [1.807, 2.05) is 24.3 Å². The van der Waals surface area contributed by atoms with Crippen molar-refractivity contribution in [3.8, 4) is 5.75 Å². The molecule has 0 aliphatic heterocycles. The van der Waals surface area contributed by atoms with Crippen LogP contribution in [-0.2, 0) is 12.8 Å². The number of fused-ring (bicyclic) bond motifs is 1. The highest BCUT2D eigenvalue weighted by Gasteiger charge is 2.04. The predicted molar refractivity (Wildman–Crippen MR) is 118 cm³/mol. The third-order valence-corrected chi connectivity index (χ3v) is 4.89. The Balaban J connectivity index is 1.27. The van der Waals surface area contributed by atoms with Crippen molar-refractivity contribution in [2.45, 2.75) is 12.8 Å². The van der Waals surface area contributed by atoms with E-state index in [1.54, 1.807) is 13.3 Å². The van der Waals surface area contributed by atoms with E-state index in [2.05, 4.69) is 62.1 Å². The van der Waals surface area contributed by atoms with Gasteiger partial charge in [0, 0.05) is 36.4 Å². The summed E-state index contributed by atoms with van der Waals surface area (Å²) in [6.45, 7) is 1.58. The number of anilines is 2. The number of nitrogens with one attached hydrogen (secondary N) is 3. The van der Waals surface area contributed by atoms with Gasteiger partial charge in [0.05, 0.1) is 7.11 Å². The van der Waals surface area contributed by atoms with Crippen molar-refractivity contribution in [2.75, 3.05) is 30.8 Å². The van der Waals surface area contributed by atoms with Crippen LogP contribution in [-0.4, -0.2) is 35.2 Å². The Labute approximate surface area is 170 Å². The van der Waals surface area contributed by atoms with E-state index in [4.69, 9.17) is 4.74 Å². The van der Waals surface area contributed by atoms with Crippen LogP contribution in [0.25, 0.3) is 10.9 Å². The summed E-state index contributed by atoms with van der Waals surface area (Å²) < 4.78 is 5.19. The van der Waals surface area contributed by atoms with Gasteiger partial charge in [0.15, 0.2) is 0 Å². The number of methoxy groups -OCH3 is 1. The van der Waals surface area contributed by atoms with Gasteiger partial charge in [0.2, 0.25) is 5.95 Å². The van der Waals surface area contributed by atoms with E-state index in [0.29, 0.717) is 5.95 Å². The van der Waals surface area contributed by atoms with E-state index in [1.165, 1.54) is 22.0 Å². The van der Waals surface area contributed by atoms with Crippen molar-refractivity contribution in [3.63, 3.8) is 0 Å². The van der Waals surface area contributed by atoms with Crippen LogP contribution in [0.5, 0.6) is 5.75 Å². The average molecular weight is 387 g/mol. The topological polar surface area (TPSA) is 74.9 Å². The van der Waals surface area contributed by atoms with E-state index >= 15 is 0 Å². The molecule has 2 aromatic heterocycles. The van der Waals surface area contributed by atoms with Crippen molar-refractivity contribution in [1.29, 1.82) is 0 Å². The van der Waals surface area contributed by atoms with Crippen LogP contribution >= 0.6 is 0 Å². The lowest BCUT2D eigenvalue weighted by Crippen LogP contribution is -2.10. The summed E-state index contributed by atoms with van der Waals surface area (Å²) in [6.07, 6.45) is 5.67. The minimum absolute atomic E-state index is 0.638.